The number of benzene rings is 4. The van der Waals surface area contributed by atoms with Gasteiger partial charge in [0.15, 0.2) is 0 Å². The van der Waals surface area contributed by atoms with Gasteiger partial charge in [0, 0.05) is 24.3 Å². The monoisotopic (exact) mass is 704 g/mol. The minimum Gasteiger partial charge on any atom is -0.497 e. The number of rotatable bonds is 12. The summed E-state index contributed by atoms with van der Waals surface area (Å²) in [4.78, 5) is 0. The third-order valence-corrected chi connectivity index (χ3v) is 8.62. The van der Waals surface area contributed by atoms with Gasteiger partial charge in [0.05, 0.1) is 79.1 Å². The lowest BCUT2D eigenvalue weighted by atomic mass is 9.95. The molecule has 4 aromatic rings. The van der Waals surface area contributed by atoms with Crippen LogP contribution in [0.5, 0.6) is 46.0 Å². The molecule has 4 aromatic carbocycles. The lowest BCUT2D eigenvalue weighted by Gasteiger charge is -2.25. The first-order valence-electron chi connectivity index (χ1n) is 16.2. The van der Waals surface area contributed by atoms with Crippen LogP contribution in [0.1, 0.15) is 22.3 Å². The average Bonchev–Trinajstić information content (AvgIpc) is 3.22. The second-order valence-electron chi connectivity index (χ2n) is 11.4. The maximum Gasteiger partial charge on any atom is 0.139 e. The smallest absolute Gasteiger partial charge is 0.139 e. The van der Waals surface area contributed by atoms with Gasteiger partial charge in [-0.2, -0.15) is 0 Å². The zero-order valence-electron chi connectivity index (χ0n) is 30.3. The molecule has 0 radical (unpaired) electrons. The van der Waals surface area contributed by atoms with E-state index in [1.165, 1.54) is 0 Å². The van der Waals surface area contributed by atoms with E-state index in [2.05, 4.69) is 0 Å². The van der Waals surface area contributed by atoms with E-state index in [9.17, 15) is 0 Å². The van der Waals surface area contributed by atoms with Crippen LogP contribution in [0.3, 0.4) is 0 Å². The van der Waals surface area contributed by atoms with Crippen LogP contribution in [0.15, 0.2) is 108 Å². The van der Waals surface area contributed by atoms with Crippen LogP contribution in [0, 0.1) is 0 Å². The molecule has 0 atom stereocenters. The highest BCUT2D eigenvalue weighted by molar-refractivity contribution is 5.86. The molecule has 2 aliphatic heterocycles. The fourth-order valence-corrected chi connectivity index (χ4v) is 5.88. The zero-order chi connectivity index (χ0) is 36.8. The Morgan fingerprint density at radius 1 is 0.308 bits per heavy atom. The predicted molar refractivity (Wildman–Crippen MR) is 199 cm³/mol. The first-order chi connectivity index (χ1) is 25.4. The number of allylic oxidation sites excluding steroid dienone is 6. The lowest BCUT2D eigenvalue weighted by molar-refractivity contribution is 0.384. The summed E-state index contributed by atoms with van der Waals surface area (Å²) in [6, 6.07) is 22.3. The highest BCUT2D eigenvalue weighted by Gasteiger charge is 2.26. The predicted octanol–water partition coefficient (Wildman–Crippen LogP) is 8.58. The second kappa shape index (κ2) is 15.6. The number of hydrogen-bond donors (Lipinski definition) is 0. The Bertz CT molecular complexity index is 1840. The van der Waals surface area contributed by atoms with Crippen molar-refractivity contribution in [3.8, 4) is 46.0 Å². The van der Waals surface area contributed by atoms with Crippen molar-refractivity contribution in [2.75, 3.05) is 56.9 Å². The topological polar surface area (TPSA) is 92.3 Å². The van der Waals surface area contributed by atoms with E-state index >= 15 is 0 Å². The van der Waals surface area contributed by atoms with Crippen LogP contribution >= 0.6 is 0 Å². The third-order valence-electron chi connectivity index (χ3n) is 8.62. The molecule has 52 heavy (non-hydrogen) atoms. The molecule has 6 rings (SSSR count). The number of hydrogen-bond acceptors (Lipinski definition) is 10. The average molecular weight is 705 g/mol. The summed E-state index contributed by atoms with van der Waals surface area (Å²) in [6.45, 7) is 0. The van der Waals surface area contributed by atoms with E-state index in [-0.39, 0.29) is 0 Å². The van der Waals surface area contributed by atoms with Crippen molar-refractivity contribution >= 4 is 23.0 Å². The molecule has 10 nitrogen and oxygen atoms in total. The highest BCUT2D eigenvalue weighted by Crippen LogP contribution is 2.45. The lowest BCUT2D eigenvalue weighted by Crippen LogP contribution is -2.06. The fraction of sp³-hybridized carbons (Fsp3) is 0.190. The zero-order valence-corrected chi connectivity index (χ0v) is 30.3. The molecular weight excluding hydrogens is 664 g/mol. The van der Waals surface area contributed by atoms with E-state index in [0.717, 1.165) is 11.1 Å². The van der Waals surface area contributed by atoms with Crippen LogP contribution in [-0.4, -0.2) is 56.9 Å². The van der Waals surface area contributed by atoms with Gasteiger partial charge >= 0.3 is 0 Å². The Balaban J connectivity index is 1.64. The minimum absolute atomic E-state index is 0.540. The van der Waals surface area contributed by atoms with Gasteiger partial charge in [0.1, 0.15) is 69.0 Å². The standard InChI is InChI=1S/C42H40O10/c1-43-27-9-13-31(35(21-27)47-5)39-17-25(18-40(51-39)32-14-10-28(44-2)22-36(32)48-6)26-19-41(33-15-11-29(45-3)23-37(33)49-7)52-42(20-26)34-16-12-30(46-4)24-38(34)50-8/h9-24H,1-8H3. The van der Waals surface area contributed by atoms with Crippen molar-refractivity contribution in [3.63, 3.8) is 0 Å². The van der Waals surface area contributed by atoms with E-state index < -0.39 is 0 Å². The van der Waals surface area contributed by atoms with Crippen LogP contribution < -0.4 is 37.9 Å². The third kappa shape index (κ3) is 7.09. The molecule has 0 fully saturated rings. The molecule has 0 spiro atoms. The van der Waals surface area contributed by atoms with E-state index in [1.807, 2.05) is 97.1 Å². The first-order valence-corrected chi connectivity index (χ1v) is 16.2. The summed E-state index contributed by atoms with van der Waals surface area (Å²) in [5.41, 5.74) is 4.49. The van der Waals surface area contributed by atoms with Crippen LogP contribution in [-0.2, 0) is 9.47 Å². The maximum atomic E-state index is 6.66. The SMILES string of the molecule is COc1ccc(C2=CC(=C3C=C(c4ccc(OC)cc4OC)OC(c4ccc(OC)cc4OC)=C3)C=C(c3ccc(OC)cc3OC)O2)c(OC)c1. The van der Waals surface area contributed by atoms with Crippen LogP contribution in [0.4, 0.5) is 0 Å². The highest BCUT2D eigenvalue weighted by atomic mass is 16.5. The van der Waals surface area contributed by atoms with Crippen molar-refractivity contribution in [2.24, 2.45) is 0 Å². The summed E-state index contributed by atoms with van der Waals surface area (Å²) >= 11 is 0. The normalized spacial score (nSPS) is 13.7. The van der Waals surface area contributed by atoms with E-state index in [4.69, 9.17) is 47.4 Å². The Labute approximate surface area is 303 Å². The first kappa shape index (κ1) is 35.4. The molecular formula is C42H40O10. The van der Waals surface area contributed by atoms with Crippen molar-refractivity contribution in [1.82, 2.24) is 0 Å². The van der Waals surface area contributed by atoms with Gasteiger partial charge in [-0.25, -0.2) is 0 Å². The molecule has 0 bridgehead atoms. The van der Waals surface area contributed by atoms with Crippen LogP contribution in [0.2, 0.25) is 0 Å². The molecule has 2 heterocycles. The molecule has 10 heteroatoms. The molecule has 0 unspecified atom stereocenters. The van der Waals surface area contributed by atoms with Gasteiger partial charge < -0.3 is 47.4 Å². The molecule has 0 amide bonds. The molecule has 0 saturated carbocycles. The Kier molecular flexibility index (Phi) is 10.6. The molecule has 268 valence electrons. The van der Waals surface area contributed by atoms with Crippen molar-refractivity contribution in [2.45, 2.75) is 0 Å². The molecule has 0 saturated heterocycles. The van der Waals surface area contributed by atoms with Gasteiger partial charge in [-0.05, 0) is 84.0 Å². The van der Waals surface area contributed by atoms with Crippen molar-refractivity contribution in [1.29, 1.82) is 0 Å². The van der Waals surface area contributed by atoms with Gasteiger partial charge in [-0.15, -0.1) is 0 Å². The summed E-state index contributed by atoms with van der Waals surface area (Å²) in [5.74, 6) is 7.04. The van der Waals surface area contributed by atoms with Crippen LogP contribution in [0.25, 0.3) is 23.0 Å². The minimum atomic E-state index is 0.540. The van der Waals surface area contributed by atoms with Crippen molar-refractivity contribution in [3.05, 3.63) is 131 Å². The maximum absolute atomic E-state index is 6.66. The number of ether oxygens (including phenoxy) is 10. The van der Waals surface area contributed by atoms with Gasteiger partial charge in [0.25, 0.3) is 0 Å². The molecule has 0 N–H and O–H groups in total. The van der Waals surface area contributed by atoms with Crippen molar-refractivity contribution < 1.29 is 47.4 Å². The summed E-state index contributed by atoms with van der Waals surface area (Å²) in [7, 11) is 12.9. The largest absolute Gasteiger partial charge is 0.497 e. The second-order valence-corrected chi connectivity index (χ2v) is 11.4. The Hall–Kier alpha value is -6.42. The summed E-state index contributed by atoms with van der Waals surface area (Å²) in [6.07, 6.45) is 7.85. The van der Waals surface area contributed by atoms with Gasteiger partial charge in [-0.1, -0.05) is 0 Å². The quantitative estimate of drug-likeness (QED) is 0.143. The summed E-state index contributed by atoms with van der Waals surface area (Å²) in [5, 5.41) is 0. The van der Waals surface area contributed by atoms with Gasteiger partial charge in [-0.3, -0.25) is 0 Å². The molecule has 0 aromatic heterocycles. The molecule has 0 aliphatic carbocycles. The van der Waals surface area contributed by atoms with Gasteiger partial charge in [0.2, 0.25) is 0 Å². The van der Waals surface area contributed by atoms with E-state index in [1.54, 1.807) is 56.9 Å². The Morgan fingerprint density at radius 2 is 0.538 bits per heavy atom. The Morgan fingerprint density at radius 3 is 0.731 bits per heavy atom. The summed E-state index contributed by atoms with van der Waals surface area (Å²) < 4.78 is 58.5. The number of methoxy groups -OCH3 is 8. The van der Waals surface area contributed by atoms with E-state index in [0.29, 0.717) is 91.3 Å². The fourth-order valence-electron chi connectivity index (χ4n) is 5.88. The molecule has 2 aliphatic rings.